The molecular weight excluding hydrogens is 393 g/mol. The Kier molecular flexibility index (Phi) is 32.9. The first kappa shape index (κ1) is 29.3. The summed E-state index contributed by atoms with van der Waals surface area (Å²) in [5.41, 5.74) is 0. The molecule has 0 aromatic carbocycles. The molecule has 0 amide bonds. The molecule has 0 aliphatic heterocycles. The summed E-state index contributed by atoms with van der Waals surface area (Å²) in [6, 6.07) is 0. The quantitative estimate of drug-likeness (QED) is 0.287. The van der Waals surface area contributed by atoms with Crippen LogP contribution in [-0.2, 0) is 17.1 Å². The first-order valence-corrected chi connectivity index (χ1v) is 15.3. The summed E-state index contributed by atoms with van der Waals surface area (Å²) in [7, 11) is 0. The van der Waals surface area contributed by atoms with E-state index < -0.39 is 18.4 Å². The van der Waals surface area contributed by atoms with Crippen LogP contribution in [0.3, 0.4) is 0 Å². The molecule has 3 heteroatoms. The third-order valence-corrected chi connectivity index (χ3v) is 17.0. The molecule has 116 valence electrons. The first-order chi connectivity index (χ1) is 8.66. The van der Waals surface area contributed by atoms with Gasteiger partial charge in [0.25, 0.3) is 0 Å². The maximum atomic E-state index is 6.00. The summed E-state index contributed by atoms with van der Waals surface area (Å²) in [6.45, 7) is 14.4. The van der Waals surface area contributed by atoms with Gasteiger partial charge in [-0.2, -0.15) is 0 Å². The molecule has 0 aromatic heterocycles. The molecule has 0 atom stereocenters. The minimum Gasteiger partial charge on any atom is 1.00 e. The van der Waals surface area contributed by atoms with Crippen LogP contribution in [0.5, 0.6) is 0 Å². The SMILES string of the molecule is [C-]#CC.[CH-]=[CH][Sn]([CH2]CCC)([CH2]CCC)[CH2]CCC.[Cu+].[Li+]. The van der Waals surface area contributed by atoms with Gasteiger partial charge < -0.3 is 12.3 Å². The van der Waals surface area contributed by atoms with Crippen molar-refractivity contribution >= 4 is 18.4 Å². The van der Waals surface area contributed by atoms with Gasteiger partial charge in [0.2, 0.25) is 0 Å². The topological polar surface area (TPSA) is 0 Å². The number of unbranched alkanes of at least 4 members (excludes halogenated alkanes) is 3. The maximum Gasteiger partial charge on any atom is 1.00 e. The van der Waals surface area contributed by atoms with Crippen molar-refractivity contribution in [1.29, 1.82) is 0 Å². The van der Waals surface area contributed by atoms with E-state index in [1.54, 1.807) is 6.92 Å². The monoisotopic (exact) mass is 426 g/mol. The second-order valence-electron chi connectivity index (χ2n) is 5.09. The summed E-state index contributed by atoms with van der Waals surface area (Å²) < 4.78 is 6.72. The molecule has 0 aromatic rings. The van der Waals surface area contributed by atoms with Crippen molar-refractivity contribution in [1.82, 2.24) is 0 Å². The molecule has 0 fully saturated rings. The van der Waals surface area contributed by atoms with Crippen LogP contribution in [0.4, 0.5) is 0 Å². The molecule has 0 aliphatic rings. The number of rotatable bonds is 10. The molecule has 0 spiro atoms. The Morgan fingerprint density at radius 1 is 0.950 bits per heavy atom. The fraction of sp³-hybridized carbons (Fsp3) is 0.765. The van der Waals surface area contributed by atoms with Gasteiger partial charge in [0.15, 0.2) is 0 Å². The second-order valence-corrected chi connectivity index (χ2v) is 18.1. The van der Waals surface area contributed by atoms with Crippen LogP contribution in [0, 0.1) is 18.9 Å². The zero-order chi connectivity index (χ0) is 14.3. The predicted molar refractivity (Wildman–Crippen MR) is 86.6 cm³/mol. The molecule has 0 aliphatic carbocycles. The second kappa shape index (κ2) is 22.5. The Balaban J connectivity index is -0.000000233. The van der Waals surface area contributed by atoms with Gasteiger partial charge in [-0.25, -0.2) is 0 Å². The largest absolute Gasteiger partial charge is 1.00 e. The first-order valence-electron chi connectivity index (χ1n) is 7.55. The standard InChI is InChI=1S/3C4H9.C3H3.C2H2.Cu.Li.Sn/c3*1-3-4-2;1-3-2;1-2;;;/h3*1,3-4H2,2H3;1H3;1-2H;;;/q;;;2*-1;2*+1;. The molecule has 0 heterocycles. The van der Waals surface area contributed by atoms with E-state index in [2.05, 4.69) is 24.9 Å². The molecule has 0 saturated carbocycles. The van der Waals surface area contributed by atoms with E-state index in [-0.39, 0.29) is 35.9 Å². The molecule has 0 rings (SSSR count). The Morgan fingerprint density at radius 2 is 1.20 bits per heavy atom. The van der Waals surface area contributed by atoms with Crippen molar-refractivity contribution in [2.45, 2.75) is 79.5 Å². The third kappa shape index (κ3) is 17.3. The summed E-state index contributed by atoms with van der Waals surface area (Å²) in [5, 5.41) is 0. The van der Waals surface area contributed by atoms with E-state index in [0.717, 1.165) is 0 Å². The third-order valence-electron chi connectivity index (χ3n) is 3.44. The van der Waals surface area contributed by atoms with Crippen molar-refractivity contribution in [2.75, 3.05) is 0 Å². The van der Waals surface area contributed by atoms with E-state index >= 15 is 0 Å². The molecule has 0 nitrogen and oxygen atoms in total. The van der Waals surface area contributed by atoms with Gasteiger partial charge in [-0.1, -0.05) is 0 Å². The van der Waals surface area contributed by atoms with Crippen molar-refractivity contribution < 1.29 is 35.9 Å². The Morgan fingerprint density at radius 3 is 1.35 bits per heavy atom. The zero-order valence-corrected chi connectivity index (χ0v) is 18.1. The molecule has 0 bridgehead atoms. The summed E-state index contributed by atoms with van der Waals surface area (Å²) in [6.07, 6.45) is 14.2. The molecule has 0 unspecified atom stereocenters. The minimum absolute atomic E-state index is 0. The van der Waals surface area contributed by atoms with Gasteiger partial charge in [-0.15, -0.1) is 0 Å². The fourth-order valence-corrected chi connectivity index (χ4v) is 14.8. The van der Waals surface area contributed by atoms with E-state index in [1.807, 2.05) is 5.92 Å². The number of hydrogen-bond acceptors (Lipinski definition) is 0. The summed E-state index contributed by atoms with van der Waals surface area (Å²) in [5.74, 6) is 2.00. The van der Waals surface area contributed by atoms with E-state index in [4.69, 9.17) is 13.0 Å². The van der Waals surface area contributed by atoms with Crippen molar-refractivity contribution in [3.8, 4) is 5.92 Å². The predicted octanol–water partition coefficient (Wildman–Crippen LogP) is 2.96. The fourth-order valence-electron chi connectivity index (χ4n) is 2.21. The van der Waals surface area contributed by atoms with Crippen LogP contribution in [0.25, 0.3) is 0 Å². The van der Waals surface area contributed by atoms with Crippen LogP contribution in [0.15, 0.2) is 4.09 Å². The van der Waals surface area contributed by atoms with Crippen LogP contribution in [0.1, 0.15) is 66.2 Å². The van der Waals surface area contributed by atoms with Crippen LogP contribution < -0.4 is 18.9 Å². The van der Waals surface area contributed by atoms with Crippen molar-refractivity contribution in [2.24, 2.45) is 0 Å². The van der Waals surface area contributed by atoms with Gasteiger partial charge >= 0.3 is 138 Å². The van der Waals surface area contributed by atoms with Gasteiger partial charge in [0.1, 0.15) is 0 Å². The van der Waals surface area contributed by atoms with Crippen molar-refractivity contribution in [3.63, 3.8) is 0 Å². The maximum absolute atomic E-state index is 6.00. The van der Waals surface area contributed by atoms with Gasteiger partial charge in [-0.3, -0.25) is 0 Å². The van der Waals surface area contributed by atoms with Crippen LogP contribution in [-0.4, -0.2) is 18.4 Å². The smallest absolute Gasteiger partial charge is 1.00 e. The van der Waals surface area contributed by atoms with Crippen molar-refractivity contribution in [3.05, 3.63) is 17.1 Å². The van der Waals surface area contributed by atoms with Crippen LogP contribution >= 0.6 is 0 Å². The molecular formula is C17H32CuLiSn. The average Bonchev–Trinajstić information content (AvgIpc) is 2.39. The van der Waals surface area contributed by atoms with Gasteiger partial charge in [0, 0.05) is 0 Å². The number of hydrogen-bond donors (Lipinski definition) is 0. The normalized spacial score (nSPS) is 9.15. The van der Waals surface area contributed by atoms with Gasteiger partial charge in [-0.05, 0) is 6.92 Å². The average molecular weight is 426 g/mol. The summed E-state index contributed by atoms with van der Waals surface area (Å²) in [4.78, 5) is 0. The zero-order valence-electron chi connectivity index (χ0n) is 14.3. The molecule has 0 N–H and O–H groups in total. The Hall–Kier alpha value is 1.22. The Labute approximate surface area is 155 Å². The van der Waals surface area contributed by atoms with Crippen LogP contribution in [0.2, 0.25) is 13.3 Å². The van der Waals surface area contributed by atoms with E-state index in [0.29, 0.717) is 0 Å². The molecule has 0 saturated heterocycles. The van der Waals surface area contributed by atoms with Gasteiger partial charge in [0.05, 0.1) is 0 Å². The van der Waals surface area contributed by atoms with E-state index in [1.165, 1.54) is 51.8 Å². The molecule has 0 radical (unpaired) electrons. The molecule has 20 heavy (non-hydrogen) atoms. The Bertz CT molecular complexity index is 202. The summed E-state index contributed by atoms with van der Waals surface area (Å²) >= 11 is -1.96. The van der Waals surface area contributed by atoms with E-state index in [9.17, 15) is 0 Å². The minimum atomic E-state index is -1.96.